The molecule has 1 aliphatic rings. The summed E-state index contributed by atoms with van der Waals surface area (Å²) in [6.07, 6.45) is -0.846. The number of nitrogens with zero attached hydrogens (tertiary/aromatic N) is 3. The molecule has 136 valence electrons. The molecule has 0 aromatic carbocycles. The van der Waals surface area contributed by atoms with Crippen molar-refractivity contribution in [2.45, 2.75) is 32.5 Å². The van der Waals surface area contributed by atoms with E-state index in [2.05, 4.69) is 15.0 Å². The zero-order chi connectivity index (χ0) is 17.9. The minimum Gasteiger partial charge on any atom is -0.477 e. The van der Waals surface area contributed by atoms with Gasteiger partial charge in [0.15, 0.2) is 0 Å². The maximum Gasteiger partial charge on any atom is 0.433 e. The van der Waals surface area contributed by atoms with Gasteiger partial charge in [0.1, 0.15) is 11.5 Å². The van der Waals surface area contributed by atoms with Crippen LogP contribution in [0.25, 0.3) is 0 Å². The number of ether oxygens (including phenoxy) is 1. The zero-order valence-electron chi connectivity index (χ0n) is 13.9. The van der Waals surface area contributed by atoms with Gasteiger partial charge in [-0.2, -0.15) is 13.2 Å². The summed E-state index contributed by atoms with van der Waals surface area (Å²) in [5.74, 6) is 1.18. The molecule has 0 unspecified atom stereocenters. The van der Waals surface area contributed by atoms with Crippen LogP contribution in [0.2, 0.25) is 0 Å². The van der Waals surface area contributed by atoms with E-state index in [9.17, 15) is 13.2 Å². The standard InChI is InChI=1S/C17H20F3N3O2/c1-12-14(9-21-25-12)10-23-7-5-13(6-8-23)11-24-16-4-2-3-15(22-16)17(18,19)20/h2-4,9,13H,5-8,10-11H2,1H3. The van der Waals surface area contributed by atoms with Crippen molar-refractivity contribution in [2.24, 2.45) is 5.92 Å². The lowest BCUT2D eigenvalue weighted by atomic mass is 9.97. The molecule has 2 aromatic heterocycles. The zero-order valence-corrected chi connectivity index (χ0v) is 13.9. The molecule has 0 radical (unpaired) electrons. The van der Waals surface area contributed by atoms with E-state index in [-0.39, 0.29) is 5.88 Å². The number of halogens is 3. The Kier molecular flexibility index (Phi) is 5.27. The van der Waals surface area contributed by atoms with Crippen molar-refractivity contribution in [1.29, 1.82) is 0 Å². The normalized spacial score (nSPS) is 17.0. The third-order valence-electron chi connectivity index (χ3n) is 4.43. The van der Waals surface area contributed by atoms with Gasteiger partial charge in [0, 0.05) is 18.2 Å². The van der Waals surface area contributed by atoms with Crippen LogP contribution in [0, 0.1) is 12.8 Å². The summed E-state index contributed by atoms with van der Waals surface area (Å²) in [5.41, 5.74) is 0.159. The Labute approximate surface area is 143 Å². The molecule has 8 heteroatoms. The Morgan fingerprint density at radius 1 is 1.28 bits per heavy atom. The highest BCUT2D eigenvalue weighted by atomic mass is 19.4. The van der Waals surface area contributed by atoms with Crippen molar-refractivity contribution < 1.29 is 22.4 Å². The minimum absolute atomic E-state index is 0.0253. The largest absolute Gasteiger partial charge is 0.477 e. The molecule has 1 saturated heterocycles. The molecule has 25 heavy (non-hydrogen) atoms. The number of likely N-dealkylation sites (tertiary alicyclic amines) is 1. The van der Waals surface area contributed by atoms with Crippen LogP contribution in [0.3, 0.4) is 0 Å². The summed E-state index contributed by atoms with van der Waals surface area (Å²) in [5, 5.41) is 3.78. The second-order valence-corrected chi connectivity index (χ2v) is 6.30. The number of aryl methyl sites for hydroxylation is 1. The van der Waals surface area contributed by atoms with Crippen LogP contribution in [0.1, 0.15) is 29.9 Å². The van der Waals surface area contributed by atoms with Gasteiger partial charge in [-0.05, 0) is 44.8 Å². The maximum absolute atomic E-state index is 12.7. The molecule has 0 N–H and O–H groups in total. The molecule has 5 nitrogen and oxygen atoms in total. The molecule has 0 atom stereocenters. The van der Waals surface area contributed by atoms with E-state index in [0.29, 0.717) is 12.5 Å². The summed E-state index contributed by atoms with van der Waals surface area (Å²) in [4.78, 5) is 5.85. The molecule has 0 amide bonds. The van der Waals surface area contributed by atoms with E-state index in [1.54, 1.807) is 6.20 Å². The average molecular weight is 355 g/mol. The Morgan fingerprint density at radius 3 is 2.68 bits per heavy atom. The summed E-state index contributed by atoms with van der Waals surface area (Å²) < 4.78 is 48.5. The smallest absolute Gasteiger partial charge is 0.433 e. The molecular weight excluding hydrogens is 335 g/mol. The van der Waals surface area contributed by atoms with Crippen LogP contribution in [-0.4, -0.2) is 34.7 Å². The van der Waals surface area contributed by atoms with Crippen LogP contribution in [0.15, 0.2) is 28.9 Å². The Bertz CT molecular complexity index is 694. The van der Waals surface area contributed by atoms with Gasteiger partial charge in [-0.3, -0.25) is 4.90 Å². The molecule has 0 aliphatic carbocycles. The highest BCUT2D eigenvalue weighted by Gasteiger charge is 2.32. The summed E-state index contributed by atoms with van der Waals surface area (Å²) >= 11 is 0. The average Bonchev–Trinajstić information content (AvgIpc) is 2.99. The van der Waals surface area contributed by atoms with Gasteiger partial charge in [0.2, 0.25) is 5.88 Å². The van der Waals surface area contributed by atoms with Gasteiger partial charge in [0.05, 0.1) is 12.8 Å². The van der Waals surface area contributed by atoms with Crippen LogP contribution in [-0.2, 0) is 12.7 Å². The molecule has 0 bridgehead atoms. The first-order valence-electron chi connectivity index (χ1n) is 8.21. The van der Waals surface area contributed by atoms with E-state index in [4.69, 9.17) is 9.26 Å². The lowest BCUT2D eigenvalue weighted by Crippen LogP contribution is -2.35. The Balaban J connectivity index is 1.46. The first-order valence-corrected chi connectivity index (χ1v) is 8.21. The maximum atomic E-state index is 12.7. The second-order valence-electron chi connectivity index (χ2n) is 6.30. The van der Waals surface area contributed by atoms with Crippen molar-refractivity contribution in [3.63, 3.8) is 0 Å². The second kappa shape index (κ2) is 7.43. The van der Waals surface area contributed by atoms with Gasteiger partial charge < -0.3 is 9.26 Å². The third kappa shape index (κ3) is 4.72. The number of hydrogen-bond acceptors (Lipinski definition) is 5. The number of pyridine rings is 1. The van der Waals surface area contributed by atoms with E-state index in [1.165, 1.54) is 12.1 Å². The van der Waals surface area contributed by atoms with Crippen molar-refractivity contribution in [1.82, 2.24) is 15.0 Å². The molecule has 1 fully saturated rings. The highest BCUT2D eigenvalue weighted by molar-refractivity contribution is 5.17. The van der Waals surface area contributed by atoms with E-state index in [1.807, 2.05) is 6.92 Å². The number of hydrogen-bond donors (Lipinski definition) is 0. The first-order chi connectivity index (χ1) is 11.9. The molecular formula is C17H20F3N3O2. The van der Waals surface area contributed by atoms with Crippen LogP contribution >= 0.6 is 0 Å². The van der Waals surface area contributed by atoms with Gasteiger partial charge in [-0.1, -0.05) is 11.2 Å². The SMILES string of the molecule is Cc1oncc1CN1CCC(COc2cccc(C(F)(F)F)n2)CC1. The predicted molar refractivity (Wildman–Crippen MR) is 84.0 cm³/mol. The fourth-order valence-electron chi connectivity index (χ4n) is 2.88. The molecule has 0 spiro atoms. The predicted octanol–water partition coefficient (Wildman–Crippen LogP) is 3.69. The molecule has 1 aliphatic heterocycles. The van der Waals surface area contributed by atoms with Crippen molar-refractivity contribution in [3.8, 4) is 5.88 Å². The van der Waals surface area contributed by atoms with Crippen LogP contribution in [0.4, 0.5) is 13.2 Å². The van der Waals surface area contributed by atoms with Gasteiger partial charge in [-0.15, -0.1) is 0 Å². The van der Waals surface area contributed by atoms with Crippen molar-refractivity contribution >= 4 is 0 Å². The quantitative estimate of drug-likeness (QED) is 0.819. The molecule has 2 aromatic rings. The number of rotatable bonds is 5. The van der Waals surface area contributed by atoms with Gasteiger partial charge in [-0.25, -0.2) is 4.98 Å². The third-order valence-corrected chi connectivity index (χ3v) is 4.43. The monoisotopic (exact) mass is 355 g/mol. The van der Waals surface area contributed by atoms with Crippen LogP contribution in [0.5, 0.6) is 5.88 Å². The number of alkyl halides is 3. The highest BCUT2D eigenvalue weighted by Crippen LogP contribution is 2.29. The fraction of sp³-hybridized carbons (Fsp3) is 0.529. The summed E-state index contributed by atoms with van der Waals surface area (Å²) in [6.45, 7) is 4.90. The summed E-state index contributed by atoms with van der Waals surface area (Å²) in [6, 6.07) is 3.71. The lowest BCUT2D eigenvalue weighted by molar-refractivity contribution is -0.141. The number of piperidine rings is 1. The molecule has 3 heterocycles. The van der Waals surface area contributed by atoms with E-state index < -0.39 is 11.9 Å². The van der Waals surface area contributed by atoms with Crippen molar-refractivity contribution in [3.05, 3.63) is 41.4 Å². The Morgan fingerprint density at radius 2 is 2.04 bits per heavy atom. The topological polar surface area (TPSA) is 51.4 Å². The number of aromatic nitrogens is 2. The van der Waals surface area contributed by atoms with Gasteiger partial charge >= 0.3 is 6.18 Å². The summed E-state index contributed by atoms with van der Waals surface area (Å²) in [7, 11) is 0. The molecule has 3 rings (SSSR count). The minimum atomic E-state index is -4.45. The first kappa shape index (κ1) is 17.7. The van der Waals surface area contributed by atoms with E-state index >= 15 is 0 Å². The van der Waals surface area contributed by atoms with Crippen LogP contribution < -0.4 is 4.74 Å². The van der Waals surface area contributed by atoms with E-state index in [0.717, 1.165) is 49.9 Å². The van der Waals surface area contributed by atoms with Crippen molar-refractivity contribution in [2.75, 3.05) is 19.7 Å². The Hall–Kier alpha value is -2.09. The molecule has 0 saturated carbocycles. The van der Waals surface area contributed by atoms with Gasteiger partial charge in [0.25, 0.3) is 0 Å². The fourth-order valence-corrected chi connectivity index (χ4v) is 2.88. The lowest BCUT2D eigenvalue weighted by Gasteiger charge is -2.31.